The SMILES string of the molecule is COCCN(C)Cc1nccc2c1CCN(c1nc3cc(OC)cc(C(C)C)c3c(=O)[nH]1)C2.Cl.Cl. The number of pyridine rings is 1. The molecule has 192 valence electrons. The van der Waals surface area contributed by atoms with Gasteiger partial charge < -0.3 is 14.4 Å². The van der Waals surface area contributed by atoms with Gasteiger partial charge in [0.15, 0.2) is 0 Å². The number of nitrogens with zero attached hydrogens (tertiary/aromatic N) is 4. The Labute approximate surface area is 218 Å². The van der Waals surface area contributed by atoms with Crippen LogP contribution in [0.5, 0.6) is 5.75 Å². The smallest absolute Gasteiger partial charge is 0.260 e. The molecule has 0 amide bonds. The molecule has 0 saturated heterocycles. The minimum absolute atomic E-state index is 0. The van der Waals surface area contributed by atoms with Crippen LogP contribution in [0.1, 0.15) is 42.1 Å². The summed E-state index contributed by atoms with van der Waals surface area (Å²) in [6, 6.07) is 5.84. The van der Waals surface area contributed by atoms with Gasteiger partial charge in [-0.05, 0) is 48.2 Å². The maximum Gasteiger partial charge on any atom is 0.260 e. The van der Waals surface area contributed by atoms with Gasteiger partial charge in [-0.1, -0.05) is 13.8 Å². The van der Waals surface area contributed by atoms with Crippen molar-refractivity contribution in [1.82, 2.24) is 19.9 Å². The lowest BCUT2D eigenvalue weighted by Crippen LogP contribution is -2.34. The molecule has 8 nitrogen and oxygen atoms in total. The summed E-state index contributed by atoms with van der Waals surface area (Å²) in [4.78, 5) is 30.0. The van der Waals surface area contributed by atoms with Crippen molar-refractivity contribution in [3.05, 3.63) is 57.1 Å². The second-order valence-electron chi connectivity index (χ2n) is 8.95. The van der Waals surface area contributed by atoms with Gasteiger partial charge in [0.25, 0.3) is 5.56 Å². The molecule has 0 spiro atoms. The Morgan fingerprint density at radius 2 is 2.00 bits per heavy atom. The summed E-state index contributed by atoms with van der Waals surface area (Å²) in [6.45, 7) is 7.94. The van der Waals surface area contributed by atoms with Crippen molar-refractivity contribution in [2.45, 2.75) is 39.3 Å². The molecule has 1 aliphatic rings. The van der Waals surface area contributed by atoms with Crippen LogP contribution in [0.15, 0.2) is 29.2 Å². The zero-order chi connectivity index (χ0) is 23.5. The van der Waals surface area contributed by atoms with Gasteiger partial charge in [-0.3, -0.25) is 19.7 Å². The highest BCUT2D eigenvalue weighted by Crippen LogP contribution is 2.29. The van der Waals surface area contributed by atoms with Gasteiger partial charge >= 0.3 is 0 Å². The van der Waals surface area contributed by atoms with Gasteiger partial charge in [0.2, 0.25) is 5.95 Å². The summed E-state index contributed by atoms with van der Waals surface area (Å²) < 4.78 is 10.7. The van der Waals surface area contributed by atoms with Crippen molar-refractivity contribution in [3.63, 3.8) is 0 Å². The number of hydrogen-bond acceptors (Lipinski definition) is 7. The van der Waals surface area contributed by atoms with Gasteiger partial charge in [-0.15, -0.1) is 24.8 Å². The summed E-state index contributed by atoms with van der Waals surface area (Å²) in [5.74, 6) is 1.50. The fourth-order valence-electron chi connectivity index (χ4n) is 4.45. The molecule has 1 aliphatic heterocycles. The summed E-state index contributed by atoms with van der Waals surface area (Å²) >= 11 is 0. The van der Waals surface area contributed by atoms with Crippen LogP contribution in [0.4, 0.5) is 5.95 Å². The van der Waals surface area contributed by atoms with Gasteiger partial charge in [0, 0.05) is 45.6 Å². The third-order valence-corrected chi connectivity index (χ3v) is 6.29. The lowest BCUT2D eigenvalue weighted by atomic mass is 9.98. The second-order valence-corrected chi connectivity index (χ2v) is 8.95. The Morgan fingerprint density at radius 1 is 1.23 bits per heavy atom. The highest BCUT2D eigenvalue weighted by Gasteiger charge is 2.23. The molecular formula is C25H35Cl2N5O3. The first-order chi connectivity index (χ1) is 15.9. The topological polar surface area (TPSA) is 83.6 Å². The molecule has 3 heterocycles. The Kier molecular flexibility index (Phi) is 10.3. The van der Waals surface area contributed by atoms with E-state index in [1.807, 2.05) is 18.3 Å². The van der Waals surface area contributed by atoms with E-state index in [1.165, 1.54) is 11.1 Å². The molecule has 0 unspecified atom stereocenters. The van der Waals surface area contributed by atoms with Crippen molar-refractivity contribution in [1.29, 1.82) is 0 Å². The van der Waals surface area contributed by atoms with Gasteiger partial charge in [-0.25, -0.2) is 4.98 Å². The fourth-order valence-corrected chi connectivity index (χ4v) is 4.45. The van der Waals surface area contributed by atoms with Crippen molar-refractivity contribution in [2.75, 3.05) is 45.9 Å². The van der Waals surface area contributed by atoms with Crippen LogP contribution in [-0.4, -0.2) is 60.8 Å². The van der Waals surface area contributed by atoms with Gasteiger partial charge in [0.05, 0.1) is 30.3 Å². The maximum atomic E-state index is 13.1. The normalized spacial score (nSPS) is 12.9. The predicted molar refractivity (Wildman–Crippen MR) is 145 cm³/mol. The number of nitrogens with one attached hydrogen (secondary N) is 1. The lowest BCUT2D eigenvalue weighted by Gasteiger charge is -2.31. The minimum Gasteiger partial charge on any atom is -0.497 e. The number of anilines is 1. The molecule has 0 bridgehead atoms. The first-order valence-corrected chi connectivity index (χ1v) is 11.4. The summed E-state index contributed by atoms with van der Waals surface area (Å²) in [5.41, 5.74) is 5.13. The Morgan fingerprint density at radius 3 is 2.69 bits per heavy atom. The standard InChI is InChI=1S/C25H33N5O3.2ClH/c1-16(2)20-12-18(33-5)13-21-23(20)24(31)28-25(27-21)30-9-7-19-17(14-30)6-8-26-22(19)15-29(3)10-11-32-4;;/h6,8,12-13,16H,7,9-11,14-15H2,1-5H3,(H,27,28,31);2*1H. The Hall–Kier alpha value is -2.39. The van der Waals surface area contributed by atoms with E-state index in [9.17, 15) is 4.79 Å². The Bertz CT molecular complexity index is 1200. The number of H-pyrrole nitrogens is 1. The zero-order valence-electron chi connectivity index (χ0n) is 21.0. The van der Waals surface area contributed by atoms with Crippen molar-refractivity contribution >= 4 is 41.7 Å². The van der Waals surface area contributed by atoms with E-state index in [2.05, 4.69) is 46.7 Å². The maximum absolute atomic E-state index is 13.1. The Balaban J connectivity index is 0.00000216. The van der Waals surface area contributed by atoms with E-state index in [-0.39, 0.29) is 36.3 Å². The number of hydrogen-bond donors (Lipinski definition) is 1. The van der Waals surface area contributed by atoms with Crippen LogP contribution in [0, 0.1) is 0 Å². The molecule has 1 N–H and O–H groups in total. The molecular weight excluding hydrogens is 489 g/mol. The molecule has 3 aromatic rings. The van der Waals surface area contributed by atoms with Crippen molar-refractivity contribution < 1.29 is 9.47 Å². The van der Waals surface area contributed by atoms with Gasteiger partial charge in [0.1, 0.15) is 5.75 Å². The quantitative estimate of drug-likeness (QED) is 0.478. The fraction of sp³-hybridized carbons (Fsp3) is 0.480. The van der Waals surface area contributed by atoms with E-state index in [0.29, 0.717) is 35.8 Å². The number of ether oxygens (including phenoxy) is 2. The number of rotatable bonds is 8. The highest BCUT2D eigenvalue weighted by molar-refractivity contribution is 5.86. The van der Waals surface area contributed by atoms with Crippen molar-refractivity contribution in [2.24, 2.45) is 0 Å². The minimum atomic E-state index is -0.109. The highest BCUT2D eigenvalue weighted by atomic mass is 35.5. The third kappa shape index (κ3) is 6.25. The number of likely N-dealkylation sites (N-methyl/N-ethyl adjacent to an activating group) is 1. The zero-order valence-corrected chi connectivity index (χ0v) is 22.6. The van der Waals surface area contributed by atoms with Crippen LogP contribution in [0.3, 0.4) is 0 Å². The van der Waals surface area contributed by atoms with Crippen molar-refractivity contribution in [3.8, 4) is 5.75 Å². The molecule has 1 aromatic carbocycles. The molecule has 0 radical (unpaired) electrons. The number of methoxy groups -OCH3 is 2. The molecule has 0 aliphatic carbocycles. The molecule has 0 saturated carbocycles. The molecule has 4 rings (SSSR count). The number of halogens is 2. The van der Waals surface area contributed by atoms with Crippen LogP contribution < -0.4 is 15.2 Å². The van der Waals surface area contributed by atoms with Crippen LogP contribution in [0.2, 0.25) is 0 Å². The molecule has 10 heteroatoms. The summed E-state index contributed by atoms with van der Waals surface area (Å²) in [5, 5.41) is 0.637. The largest absolute Gasteiger partial charge is 0.497 e. The van der Waals surface area contributed by atoms with E-state index in [0.717, 1.165) is 37.3 Å². The monoisotopic (exact) mass is 523 g/mol. The number of aromatic amines is 1. The second kappa shape index (κ2) is 12.5. The number of aromatic nitrogens is 3. The molecule has 0 atom stereocenters. The van der Waals surface area contributed by atoms with E-state index in [1.54, 1.807) is 14.2 Å². The first-order valence-electron chi connectivity index (χ1n) is 11.4. The number of fused-ring (bicyclic) bond motifs is 2. The molecule has 35 heavy (non-hydrogen) atoms. The predicted octanol–water partition coefficient (Wildman–Crippen LogP) is 3.93. The van der Waals surface area contributed by atoms with Crippen LogP contribution >= 0.6 is 24.8 Å². The lowest BCUT2D eigenvalue weighted by molar-refractivity contribution is 0.158. The number of benzene rings is 1. The summed E-state index contributed by atoms with van der Waals surface area (Å²) in [6.07, 6.45) is 2.73. The average Bonchev–Trinajstić information content (AvgIpc) is 2.81. The molecule has 0 fully saturated rings. The van der Waals surface area contributed by atoms with Gasteiger partial charge in [-0.2, -0.15) is 0 Å². The summed E-state index contributed by atoms with van der Waals surface area (Å²) in [7, 11) is 5.44. The average molecular weight is 524 g/mol. The van der Waals surface area contributed by atoms with Crippen LogP contribution in [0.25, 0.3) is 10.9 Å². The van der Waals surface area contributed by atoms with E-state index >= 15 is 0 Å². The van der Waals surface area contributed by atoms with E-state index in [4.69, 9.17) is 14.5 Å². The van der Waals surface area contributed by atoms with Crippen LogP contribution in [-0.2, 0) is 24.2 Å². The third-order valence-electron chi connectivity index (χ3n) is 6.29. The molecule has 2 aromatic heterocycles. The first kappa shape index (κ1) is 28.8. The van der Waals surface area contributed by atoms with E-state index < -0.39 is 0 Å².